The molecule has 0 unspecified atom stereocenters. The monoisotopic (exact) mass is 200 g/mol. The summed E-state index contributed by atoms with van der Waals surface area (Å²) in [5.74, 6) is 0.406. The van der Waals surface area contributed by atoms with Crippen molar-refractivity contribution in [1.29, 1.82) is 0 Å². The van der Waals surface area contributed by atoms with Crippen LogP contribution < -0.4 is 9.64 Å². The van der Waals surface area contributed by atoms with Crippen molar-refractivity contribution in [2.24, 2.45) is 0 Å². The average molecular weight is 200 g/mol. The number of hydrogen-bond donors (Lipinski definition) is 0. The molecule has 1 aromatic heterocycles. The van der Waals surface area contributed by atoms with Gasteiger partial charge in [-0.05, 0) is 0 Å². The summed E-state index contributed by atoms with van der Waals surface area (Å²) in [5, 5.41) is 0.780. The van der Waals surface area contributed by atoms with Gasteiger partial charge in [-0.25, -0.2) is 0 Å². The molecule has 0 amide bonds. The fourth-order valence-corrected chi connectivity index (χ4v) is 1.70. The van der Waals surface area contributed by atoms with E-state index in [0.29, 0.717) is 10.8 Å². The topological polar surface area (TPSA) is 42.4 Å². The first-order chi connectivity index (χ1) is 6.06. The van der Waals surface area contributed by atoms with E-state index < -0.39 is 0 Å². The second-order valence-corrected chi connectivity index (χ2v) is 3.76. The summed E-state index contributed by atoms with van der Waals surface area (Å²) in [6, 6.07) is 0. The summed E-state index contributed by atoms with van der Waals surface area (Å²) in [6.45, 7) is 1.51. The predicted octanol–water partition coefficient (Wildman–Crippen LogP) is 1.42. The summed E-state index contributed by atoms with van der Waals surface area (Å²) in [5.41, 5.74) is 0. The van der Waals surface area contributed by atoms with E-state index in [1.165, 1.54) is 25.4 Å². The smallest absolute Gasteiger partial charge is 0.237 e. The van der Waals surface area contributed by atoms with E-state index in [1.807, 2.05) is 19.0 Å². The number of thiazole rings is 1. The average Bonchev–Trinajstić information content (AvgIpc) is 2.47. The van der Waals surface area contributed by atoms with E-state index in [0.717, 1.165) is 5.13 Å². The molecule has 1 heterocycles. The van der Waals surface area contributed by atoms with Crippen LogP contribution in [0, 0.1) is 0 Å². The van der Waals surface area contributed by atoms with Crippen LogP contribution in [0.1, 0.15) is 16.6 Å². The van der Waals surface area contributed by atoms with Crippen molar-refractivity contribution in [3.8, 4) is 5.88 Å². The van der Waals surface area contributed by atoms with E-state index >= 15 is 0 Å². The molecule has 72 valence electrons. The number of anilines is 1. The summed E-state index contributed by atoms with van der Waals surface area (Å²) in [7, 11) is 5.27. The third-order valence-corrected chi connectivity index (χ3v) is 2.79. The van der Waals surface area contributed by atoms with Gasteiger partial charge in [0.2, 0.25) is 5.88 Å². The highest BCUT2D eigenvalue weighted by Gasteiger charge is 2.16. The summed E-state index contributed by atoms with van der Waals surface area (Å²) >= 11 is 1.34. The third-order valence-electron chi connectivity index (χ3n) is 1.48. The Morgan fingerprint density at radius 2 is 2.15 bits per heavy atom. The normalized spacial score (nSPS) is 9.85. The van der Waals surface area contributed by atoms with Crippen LogP contribution in [-0.4, -0.2) is 32.0 Å². The van der Waals surface area contributed by atoms with E-state index in [9.17, 15) is 4.79 Å². The summed E-state index contributed by atoms with van der Waals surface area (Å²) in [6.07, 6.45) is 0. The van der Waals surface area contributed by atoms with Crippen LogP contribution in [-0.2, 0) is 0 Å². The lowest BCUT2D eigenvalue weighted by Crippen LogP contribution is -2.07. The molecule has 1 rings (SSSR count). The Bertz CT molecular complexity index is 320. The molecule has 0 radical (unpaired) electrons. The molecule has 0 aromatic carbocycles. The maximum absolute atomic E-state index is 11.1. The van der Waals surface area contributed by atoms with Crippen LogP contribution in [0.5, 0.6) is 5.88 Å². The van der Waals surface area contributed by atoms with Crippen molar-refractivity contribution in [1.82, 2.24) is 4.98 Å². The Kier molecular flexibility index (Phi) is 2.87. The Morgan fingerprint density at radius 1 is 1.54 bits per heavy atom. The molecule has 1 aromatic rings. The highest BCUT2D eigenvalue weighted by Crippen LogP contribution is 2.30. The van der Waals surface area contributed by atoms with Crippen molar-refractivity contribution in [3.05, 3.63) is 4.88 Å². The standard InChI is InChI=1S/C8H12N2O2S/c1-5(11)6-7(12-4)9-8(13-6)10(2)3/h1-4H3. The fourth-order valence-electron chi connectivity index (χ4n) is 0.847. The van der Waals surface area contributed by atoms with Crippen LogP contribution in [0.2, 0.25) is 0 Å². The number of carbonyl (C=O) groups is 1. The van der Waals surface area contributed by atoms with Gasteiger partial charge >= 0.3 is 0 Å². The number of carbonyl (C=O) groups excluding carboxylic acids is 1. The zero-order chi connectivity index (χ0) is 10.0. The Labute approximate surface area is 81.2 Å². The molecule has 0 spiro atoms. The molecule has 0 bridgehead atoms. The first-order valence-electron chi connectivity index (χ1n) is 3.79. The maximum Gasteiger partial charge on any atom is 0.237 e. The fraction of sp³-hybridized carbons (Fsp3) is 0.500. The van der Waals surface area contributed by atoms with Gasteiger partial charge in [-0.3, -0.25) is 4.79 Å². The highest BCUT2D eigenvalue weighted by atomic mass is 32.1. The van der Waals surface area contributed by atoms with Gasteiger partial charge in [0.05, 0.1) is 7.11 Å². The molecule has 5 heteroatoms. The molecule has 0 aliphatic rings. The predicted molar refractivity (Wildman–Crippen MR) is 53.0 cm³/mol. The largest absolute Gasteiger partial charge is 0.480 e. The lowest BCUT2D eigenvalue weighted by Gasteiger charge is -2.04. The molecule has 0 saturated carbocycles. The van der Waals surface area contributed by atoms with Gasteiger partial charge in [0.1, 0.15) is 4.88 Å². The van der Waals surface area contributed by atoms with E-state index in [-0.39, 0.29) is 5.78 Å². The van der Waals surface area contributed by atoms with Crippen molar-refractivity contribution >= 4 is 22.3 Å². The molecular weight excluding hydrogens is 188 g/mol. The number of Topliss-reactive ketones (excluding diaryl/α,β-unsaturated/α-hetero) is 1. The maximum atomic E-state index is 11.1. The number of rotatable bonds is 3. The lowest BCUT2D eigenvalue weighted by atomic mass is 10.4. The molecule has 0 fully saturated rings. The van der Waals surface area contributed by atoms with Gasteiger partial charge in [-0.1, -0.05) is 11.3 Å². The van der Waals surface area contributed by atoms with Crippen molar-refractivity contribution < 1.29 is 9.53 Å². The molecule has 0 aliphatic carbocycles. The lowest BCUT2D eigenvalue weighted by molar-refractivity contribution is 0.101. The number of ether oxygens (including phenoxy) is 1. The van der Waals surface area contributed by atoms with Crippen LogP contribution in [0.15, 0.2) is 0 Å². The van der Waals surface area contributed by atoms with Gasteiger partial charge in [0.25, 0.3) is 0 Å². The SMILES string of the molecule is COc1nc(N(C)C)sc1C(C)=O. The number of ketones is 1. The molecule has 13 heavy (non-hydrogen) atoms. The minimum Gasteiger partial charge on any atom is -0.480 e. The zero-order valence-corrected chi connectivity index (χ0v) is 8.94. The zero-order valence-electron chi connectivity index (χ0n) is 8.12. The molecule has 0 N–H and O–H groups in total. The van der Waals surface area contributed by atoms with E-state index in [4.69, 9.17) is 4.74 Å². The molecule has 0 saturated heterocycles. The summed E-state index contributed by atoms with van der Waals surface area (Å²) < 4.78 is 4.99. The van der Waals surface area contributed by atoms with Crippen molar-refractivity contribution in [2.45, 2.75) is 6.92 Å². The van der Waals surface area contributed by atoms with Crippen molar-refractivity contribution in [2.75, 3.05) is 26.1 Å². The van der Waals surface area contributed by atoms with Crippen LogP contribution >= 0.6 is 11.3 Å². The number of methoxy groups -OCH3 is 1. The van der Waals surface area contributed by atoms with Crippen LogP contribution in [0.25, 0.3) is 0 Å². The number of aromatic nitrogens is 1. The molecule has 0 aliphatic heterocycles. The first-order valence-corrected chi connectivity index (χ1v) is 4.61. The Morgan fingerprint density at radius 3 is 2.46 bits per heavy atom. The van der Waals surface area contributed by atoms with Crippen molar-refractivity contribution in [3.63, 3.8) is 0 Å². The molecule has 0 atom stereocenters. The molecule has 4 nitrogen and oxygen atoms in total. The van der Waals surface area contributed by atoms with Gasteiger partial charge in [0, 0.05) is 21.0 Å². The second-order valence-electron chi connectivity index (χ2n) is 2.79. The minimum atomic E-state index is -0.0116. The van der Waals surface area contributed by atoms with Gasteiger partial charge in [-0.15, -0.1) is 0 Å². The minimum absolute atomic E-state index is 0.0116. The highest BCUT2D eigenvalue weighted by molar-refractivity contribution is 7.17. The van der Waals surface area contributed by atoms with Gasteiger partial charge in [0.15, 0.2) is 10.9 Å². The van der Waals surface area contributed by atoms with E-state index in [1.54, 1.807) is 0 Å². The second kappa shape index (κ2) is 3.74. The van der Waals surface area contributed by atoms with Gasteiger partial charge < -0.3 is 9.64 Å². The number of nitrogens with zero attached hydrogens (tertiary/aromatic N) is 2. The molecular formula is C8H12N2O2S. The van der Waals surface area contributed by atoms with Gasteiger partial charge in [-0.2, -0.15) is 4.98 Å². The summed E-state index contributed by atoms with van der Waals surface area (Å²) in [4.78, 5) is 17.7. The van der Waals surface area contributed by atoms with E-state index in [2.05, 4.69) is 4.98 Å². The van der Waals surface area contributed by atoms with Crippen LogP contribution in [0.4, 0.5) is 5.13 Å². The Balaban J connectivity index is 3.11. The Hall–Kier alpha value is -1.10. The third kappa shape index (κ3) is 1.98. The quantitative estimate of drug-likeness (QED) is 0.692. The first kappa shape index (κ1) is 9.98. The number of hydrogen-bond acceptors (Lipinski definition) is 5. The van der Waals surface area contributed by atoms with Crippen LogP contribution in [0.3, 0.4) is 0 Å².